The minimum absolute atomic E-state index is 0.259. The molecule has 0 saturated carbocycles. The van der Waals surface area contributed by atoms with E-state index in [1.54, 1.807) is 0 Å². The fourth-order valence-electron chi connectivity index (χ4n) is 5.35. The Hall–Kier alpha value is -2.85. The SMILES string of the molecule is C=C[C@@]1(COCc2ccccc2)O[C@@H](CI)[C@H](OCc2ccccc2)[C@@H](OCc2ccccc2)[C@@H]1OCc1ccccc1. The van der Waals surface area contributed by atoms with Gasteiger partial charge in [0, 0.05) is 4.43 Å². The number of hydrogen-bond donors (Lipinski definition) is 0. The molecule has 0 aliphatic carbocycles. The quantitative estimate of drug-likeness (QED) is 0.0727. The van der Waals surface area contributed by atoms with Crippen molar-refractivity contribution in [3.8, 4) is 0 Å². The zero-order valence-corrected chi connectivity index (χ0v) is 26.5. The first-order chi connectivity index (χ1) is 21.2. The first kappa shape index (κ1) is 31.6. The zero-order chi connectivity index (χ0) is 29.7. The average Bonchev–Trinajstić information content (AvgIpc) is 3.07. The van der Waals surface area contributed by atoms with Gasteiger partial charge < -0.3 is 23.7 Å². The number of alkyl halides is 1. The maximum atomic E-state index is 6.91. The molecular weight excluding hydrogens is 651 g/mol. The molecule has 0 spiro atoms. The average molecular weight is 691 g/mol. The second-order valence-corrected chi connectivity index (χ2v) is 11.6. The Kier molecular flexibility index (Phi) is 12.0. The third-order valence-corrected chi connectivity index (χ3v) is 8.49. The smallest absolute Gasteiger partial charge is 0.138 e. The summed E-state index contributed by atoms with van der Waals surface area (Å²) in [7, 11) is 0. The Balaban J connectivity index is 1.46. The molecule has 1 aliphatic heterocycles. The highest BCUT2D eigenvalue weighted by Crippen LogP contribution is 2.38. The van der Waals surface area contributed by atoms with Gasteiger partial charge in [0.1, 0.15) is 23.9 Å². The number of halogens is 1. The van der Waals surface area contributed by atoms with Crippen molar-refractivity contribution in [1.82, 2.24) is 0 Å². The fourth-order valence-corrected chi connectivity index (χ4v) is 6.03. The number of ether oxygens (including phenoxy) is 5. The molecule has 0 aromatic heterocycles. The first-order valence-electron chi connectivity index (χ1n) is 14.7. The largest absolute Gasteiger partial charge is 0.373 e. The molecule has 1 saturated heterocycles. The van der Waals surface area contributed by atoms with Crippen molar-refractivity contribution in [2.75, 3.05) is 11.0 Å². The Morgan fingerprint density at radius 3 is 1.47 bits per heavy atom. The van der Waals surface area contributed by atoms with Gasteiger partial charge in [-0.05, 0) is 22.3 Å². The number of hydrogen-bond acceptors (Lipinski definition) is 5. The molecule has 224 valence electrons. The standard InChI is InChI=1S/C37H39IO5/c1-2-37(28-39-24-29-15-7-3-8-16-29)36(42-27-32-21-13-6-14-22-32)35(41-26-31-19-11-5-12-20-31)34(33(23-38)43-37)40-25-30-17-9-4-10-18-30/h2-22,33-36H,1,23-28H2/t33-,34-,35+,36-,37-/m0/s1. The molecule has 0 unspecified atom stereocenters. The van der Waals surface area contributed by atoms with Crippen molar-refractivity contribution >= 4 is 22.6 Å². The topological polar surface area (TPSA) is 46.2 Å². The van der Waals surface area contributed by atoms with Crippen LogP contribution in [0.5, 0.6) is 0 Å². The van der Waals surface area contributed by atoms with Gasteiger partial charge in [-0.1, -0.05) is 150 Å². The van der Waals surface area contributed by atoms with Gasteiger partial charge in [-0.15, -0.1) is 6.58 Å². The van der Waals surface area contributed by atoms with E-state index in [-0.39, 0.29) is 18.8 Å². The predicted molar refractivity (Wildman–Crippen MR) is 178 cm³/mol. The summed E-state index contributed by atoms with van der Waals surface area (Å²) in [6, 6.07) is 40.7. The maximum absolute atomic E-state index is 6.91. The lowest BCUT2D eigenvalue weighted by Gasteiger charge is -2.51. The van der Waals surface area contributed by atoms with Gasteiger partial charge in [-0.25, -0.2) is 0 Å². The molecule has 5 rings (SSSR count). The molecular formula is C37H39IO5. The lowest BCUT2D eigenvalue weighted by atomic mass is 9.84. The third kappa shape index (κ3) is 8.62. The van der Waals surface area contributed by atoms with Gasteiger partial charge in [0.05, 0.1) is 39.1 Å². The van der Waals surface area contributed by atoms with Crippen molar-refractivity contribution in [2.24, 2.45) is 0 Å². The summed E-state index contributed by atoms with van der Waals surface area (Å²) in [5, 5.41) is 0. The van der Waals surface area contributed by atoms with Crippen LogP contribution in [0.4, 0.5) is 0 Å². The van der Waals surface area contributed by atoms with Gasteiger partial charge >= 0.3 is 0 Å². The van der Waals surface area contributed by atoms with E-state index in [0.717, 1.165) is 22.3 Å². The third-order valence-electron chi connectivity index (χ3n) is 7.62. The van der Waals surface area contributed by atoms with E-state index in [1.165, 1.54) is 0 Å². The lowest BCUT2D eigenvalue weighted by Crippen LogP contribution is -2.67. The summed E-state index contributed by atoms with van der Waals surface area (Å²) in [6.45, 7) is 6.18. The molecule has 1 aliphatic rings. The summed E-state index contributed by atoms with van der Waals surface area (Å²) in [5.74, 6) is 0. The summed E-state index contributed by atoms with van der Waals surface area (Å²) < 4.78 is 34.2. The van der Waals surface area contributed by atoms with Crippen LogP contribution in [-0.2, 0) is 50.1 Å². The van der Waals surface area contributed by atoms with E-state index in [1.807, 2.05) is 78.9 Å². The van der Waals surface area contributed by atoms with Crippen LogP contribution in [0.15, 0.2) is 134 Å². The Morgan fingerprint density at radius 1 is 0.605 bits per heavy atom. The minimum atomic E-state index is -0.965. The molecule has 4 aromatic carbocycles. The summed E-state index contributed by atoms with van der Waals surface area (Å²) >= 11 is 2.37. The van der Waals surface area contributed by atoms with Crippen molar-refractivity contribution in [2.45, 2.75) is 56.4 Å². The normalized spacial score (nSPS) is 23.6. The van der Waals surface area contributed by atoms with Gasteiger partial charge in [-0.2, -0.15) is 0 Å². The minimum Gasteiger partial charge on any atom is -0.373 e. The van der Waals surface area contributed by atoms with Crippen LogP contribution in [0.3, 0.4) is 0 Å². The van der Waals surface area contributed by atoms with Crippen LogP contribution < -0.4 is 0 Å². The second-order valence-electron chi connectivity index (χ2n) is 10.7. The molecule has 0 amide bonds. The van der Waals surface area contributed by atoms with Crippen molar-refractivity contribution in [3.05, 3.63) is 156 Å². The van der Waals surface area contributed by atoms with E-state index in [0.29, 0.717) is 30.9 Å². The highest BCUT2D eigenvalue weighted by Gasteiger charge is 2.55. The molecule has 0 N–H and O–H groups in total. The van der Waals surface area contributed by atoms with Crippen LogP contribution in [-0.4, -0.2) is 41.1 Å². The zero-order valence-electron chi connectivity index (χ0n) is 24.3. The van der Waals surface area contributed by atoms with Crippen LogP contribution in [0.1, 0.15) is 22.3 Å². The lowest BCUT2D eigenvalue weighted by molar-refractivity contribution is -0.292. The molecule has 1 fully saturated rings. The van der Waals surface area contributed by atoms with Crippen LogP contribution in [0.25, 0.3) is 0 Å². The number of rotatable bonds is 15. The fraction of sp³-hybridized carbons (Fsp3) is 0.297. The number of benzene rings is 4. The molecule has 0 bridgehead atoms. The Bertz CT molecular complexity index is 1360. The first-order valence-corrected chi connectivity index (χ1v) is 16.2. The van der Waals surface area contributed by atoms with E-state index in [4.69, 9.17) is 23.7 Å². The molecule has 43 heavy (non-hydrogen) atoms. The maximum Gasteiger partial charge on any atom is 0.138 e. The highest BCUT2D eigenvalue weighted by atomic mass is 127. The van der Waals surface area contributed by atoms with Crippen LogP contribution in [0.2, 0.25) is 0 Å². The Morgan fingerprint density at radius 2 is 1.02 bits per heavy atom. The van der Waals surface area contributed by atoms with Gasteiger partial charge in [0.15, 0.2) is 0 Å². The van der Waals surface area contributed by atoms with E-state index >= 15 is 0 Å². The second kappa shape index (κ2) is 16.3. The van der Waals surface area contributed by atoms with E-state index in [2.05, 4.69) is 77.7 Å². The van der Waals surface area contributed by atoms with Gasteiger partial charge in [-0.3, -0.25) is 0 Å². The molecule has 1 heterocycles. The summed E-state index contributed by atoms with van der Waals surface area (Å²) in [5.41, 5.74) is 3.35. The van der Waals surface area contributed by atoms with Gasteiger partial charge in [0.2, 0.25) is 0 Å². The monoisotopic (exact) mass is 690 g/mol. The van der Waals surface area contributed by atoms with E-state index in [9.17, 15) is 0 Å². The summed E-state index contributed by atoms with van der Waals surface area (Å²) in [6.07, 6.45) is 0.159. The van der Waals surface area contributed by atoms with Crippen LogP contribution >= 0.6 is 22.6 Å². The molecule has 0 radical (unpaired) electrons. The molecule has 4 aromatic rings. The van der Waals surface area contributed by atoms with Crippen molar-refractivity contribution < 1.29 is 23.7 Å². The molecule has 5 nitrogen and oxygen atoms in total. The highest BCUT2D eigenvalue weighted by molar-refractivity contribution is 14.1. The molecule has 6 heteroatoms. The van der Waals surface area contributed by atoms with Crippen molar-refractivity contribution in [1.29, 1.82) is 0 Å². The van der Waals surface area contributed by atoms with Crippen LogP contribution in [0, 0.1) is 0 Å². The Labute approximate surface area is 268 Å². The summed E-state index contributed by atoms with van der Waals surface area (Å²) in [4.78, 5) is 0. The van der Waals surface area contributed by atoms with Crippen molar-refractivity contribution in [3.63, 3.8) is 0 Å². The van der Waals surface area contributed by atoms with E-state index < -0.39 is 17.8 Å². The predicted octanol–water partition coefficient (Wildman–Crippen LogP) is 7.72. The molecule has 5 atom stereocenters. The van der Waals surface area contributed by atoms with Gasteiger partial charge in [0.25, 0.3) is 0 Å².